The van der Waals surface area contributed by atoms with Crippen LogP contribution in [0.2, 0.25) is 0 Å². The van der Waals surface area contributed by atoms with Gasteiger partial charge in [0, 0.05) is 24.0 Å². The van der Waals surface area contributed by atoms with E-state index < -0.39 is 17.5 Å². The second-order valence-corrected chi connectivity index (χ2v) is 5.05. The van der Waals surface area contributed by atoms with Crippen LogP contribution in [0.25, 0.3) is 0 Å². The van der Waals surface area contributed by atoms with Crippen LogP contribution in [-0.2, 0) is 11.3 Å². The molecule has 23 heavy (non-hydrogen) atoms. The molecule has 2 aromatic carbocycles. The number of hydrogen-bond acceptors (Lipinski definition) is 3. The van der Waals surface area contributed by atoms with Gasteiger partial charge in [0.25, 0.3) is 5.91 Å². The second-order valence-electron chi connectivity index (χ2n) is 5.05. The third-order valence-corrected chi connectivity index (χ3v) is 3.46. The third kappa shape index (κ3) is 3.13. The molecule has 0 saturated heterocycles. The molecule has 0 bridgehead atoms. The minimum atomic E-state index is -1.03. The fraction of sp³-hybridized carbons (Fsp3) is 0.125. The van der Waals surface area contributed by atoms with Gasteiger partial charge in [0.2, 0.25) is 5.91 Å². The number of carbonyl (C=O) groups is 2. The Bertz CT molecular complexity index is 793. The lowest BCUT2D eigenvalue weighted by atomic mass is 10.1. The lowest BCUT2D eigenvalue weighted by Gasteiger charge is -2.10. The van der Waals surface area contributed by atoms with Crippen LogP contribution >= 0.6 is 0 Å². The molecule has 0 radical (unpaired) electrons. The Morgan fingerprint density at radius 1 is 1.17 bits per heavy atom. The van der Waals surface area contributed by atoms with Crippen LogP contribution < -0.4 is 16.0 Å². The zero-order chi connectivity index (χ0) is 16.4. The average molecular weight is 317 g/mol. The molecule has 2 amide bonds. The number of amides is 2. The van der Waals surface area contributed by atoms with Crippen LogP contribution in [-0.4, -0.2) is 18.4 Å². The molecule has 3 rings (SSSR count). The molecular weight excluding hydrogens is 304 g/mol. The molecule has 1 aliphatic rings. The highest BCUT2D eigenvalue weighted by molar-refractivity contribution is 6.04. The summed E-state index contributed by atoms with van der Waals surface area (Å²) in [5.74, 6) is -2.64. The van der Waals surface area contributed by atoms with Gasteiger partial charge in [-0.25, -0.2) is 8.78 Å². The fourth-order valence-electron chi connectivity index (χ4n) is 2.38. The lowest BCUT2D eigenvalue weighted by molar-refractivity contribution is -0.114. The van der Waals surface area contributed by atoms with Crippen LogP contribution in [0.4, 0.5) is 20.2 Å². The highest BCUT2D eigenvalue weighted by Gasteiger charge is 2.22. The zero-order valence-corrected chi connectivity index (χ0v) is 12.0. The number of fused-ring (bicyclic) bond motifs is 1. The average Bonchev–Trinajstić information content (AvgIpc) is 2.91. The number of halogens is 2. The number of carbonyl (C=O) groups excluding carboxylic acids is 2. The summed E-state index contributed by atoms with van der Waals surface area (Å²) >= 11 is 0. The monoisotopic (exact) mass is 317 g/mol. The number of benzene rings is 2. The van der Waals surface area contributed by atoms with Gasteiger partial charge in [0.15, 0.2) is 11.6 Å². The summed E-state index contributed by atoms with van der Waals surface area (Å²) < 4.78 is 25.9. The maximum absolute atomic E-state index is 13.1. The Balaban J connectivity index is 1.65. The minimum Gasteiger partial charge on any atom is -0.375 e. The van der Waals surface area contributed by atoms with E-state index in [2.05, 4.69) is 16.0 Å². The molecule has 1 aliphatic heterocycles. The van der Waals surface area contributed by atoms with Gasteiger partial charge < -0.3 is 16.0 Å². The van der Waals surface area contributed by atoms with E-state index in [4.69, 9.17) is 0 Å². The predicted molar refractivity (Wildman–Crippen MR) is 81.1 cm³/mol. The molecule has 0 unspecified atom stereocenters. The van der Waals surface area contributed by atoms with Gasteiger partial charge in [-0.2, -0.15) is 0 Å². The second kappa shape index (κ2) is 6.04. The molecule has 5 nitrogen and oxygen atoms in total. The molecule has 3 N–H and O–H groups in total. The van der Waals surface area contributed by atoms with Crippen LogP contribution in [0, 0.1) is 11.6 Å². The van der Waals surface area contributed by atoms with Crippen LogP contribution in [0.5, 0.6) is 0 Å². The Morgan fingerprint density at radius 3 is 2.78 bits per heavy atom. The van der Waals surface area contributed by atoms with Crippen molar-refractivity contribution in [2.45, 2.75) is 6.54 Å². The molecule has 0 atom stereocenters. The van der Waals surface area contributed by atoms with E-state index in [9.17, 15) is 18.4 Å². The summed E-state index contributed by atoms with van der Waals surface area (Å²) in [5, 5.41) is 8.04. The minimum absolute atomic E-state index is 0.108. The van der Waals surface area contributed by atoms with Crippen molar-refractivity contribution >= 4 is 23.2 Å². The first-order valence-electron chi connectivity index (χ1n) is 6.93. The number of rotatable bonds is 4. The van der Waals surface area contributed by atoms with Crippen molar-refractivity contribution in [2.75, 3.05) is 17.2 Å². The van der Waals surface area contributed by atoms with Gasteiger partial charge >= 0.3 is 0 Å². The van der Waals surface area contributed by atoms with Gasteiger partial charge in [0.1, 0.15) is 0 Å². The molecule has 2 aromatic rings. The summed E-state index contributed by atoms with van der Waals surface area (Å²) in [6, 6.07) is 8.43. The van der Waals surface area contributed by atoms with Crippen molar-refractivity contribution in [1.29, 1.82) is 0 Å². The van der Waals surface area contributed by atoms with Gasteiger partial charge in [0.05, 0.1) is 12.1 Å². The lowest BCUT2D eigenvalue weighted by Crippen LogP contribution is -2.23. The van der Waals surface area contributed by atoms with Gasteiger partial charge in [-0.1, -0.05) is 12.1 Å². The topological polar surface area (TPSA) is 70.2 Å². The smallest absolute Gasteiger partial charge is 0.253 e. The van der Waals surface area contributed by atoms with Crippen LogP contribution in [0.15, 0.2) is 36.4 Å². The molecule has 7 heteroatoms. The standard InChI is InChI=1S/C16H13F2N3O2/c17-11-5-4-10(6-12(11)18)21-14(22)8-19-13-3-1-2-9-7-20-16(23)15(9)13/h1-6,19H,7-8H2,(H,20,23)(H,21,22). The summed E-state index contributed by atoms with van der Waals surface area (Å²) in [7, 11) is 0. The molecule has 1 heterocycles. The van der Waals surface area contributed by atoms with E-state index in [1.54, 1.807) is 12.1 Å². The molecular formula is C16H13F2N3O2. The molecule has 0 saturated carbocycles. The van der Waals surface area contributed by atoms with E-state index >= 15 is 0 Å². The largest absolute Gasteiger partial charge is 0.375 e. The van der Waals surface area contributed by atoms with Crippen LogP contribution in [0.3, 0.4) is 0 Å². The fourth-order valence-corrected chi connectivity index (χ4v) is 2.38. The van der Waals surface area contributed by atoms with Crippen molar-refractivity contribution in [1.82, 2.24) is 5.32 Å². The maximum atomic E-state index is 13.1. The van der Waals surface area contributed by atoms with Gasteiger partial charge in [-0.05, 0) is 23.8 Å². The summed E-state index contributed by atoms with van der Waals surface area (Å²) in [6.07, 6.45) is 0. The molecule has 0 spiro atoms. The molecule has 0 aliphatic carbocycles. The quantitative estimate of drug-likeness (QED) is 0.810. The highest BCUT2D eigenvalue weighted by Crippen LogP contribution is 2.24. The van der Waals surface area contributed by atoms with Gasteiger partial charge in [-0.3, -0.25) is 9.59 Å². The first-order valence-corrected chi connectivity index (χ1v) is 6.93. The summed E-state index contributed by atoms with van der Waals surface area (Å²) in [5.41, 5.74) is 2.10. The van der Waals surface area contributed by atoms with Crippen molar-refractivity contribution < 1.29 is 18.4 Å². The number of nitrogens with one attached hydrogen (secondary N) is 3. The SMILES string of the molecule is O=C(CNc1cccc2c1C(=O)NC2)Nc1ccc(F)c(F)c1. The normalized spacial score (nSPS) is 12.5. The first kappa shape index (κ1) is 15.0. The highest BCUT2D eigenvalue weighted by atomic mass is 19.2. The maximum Gasteiger partial charge on any atom is 0.253 e. The van der Waals surface area contributed by atoms with Crippen molar-refractivity contribution in [3.63, 3.8) is 0 Å². The number of hydrogen-bond donors (Lipinski definition) is 3. The van der Waals surface area contributed by atoms with E-state index in [1.807, 2.05) is 6.07 Å². The summed E-state index contributed by atoms with van der Waals surface area (Å²) in [6.45, 7) is 0.355. The van der Waals surface area contributed by atoms with Crippen molar-refractivity contribution in [3.8, 4) is 0 Å². The van der Waals surface area contributed by atoms with E-state index in [-0.39, 0.29) is 18.1 Å². The molecule has 0 fully saturated rings. The van der Waals surface area contributed by atoms with E-state index in [0.717, 1.165) is 17.7 Å². The summed E-state index contributed by atoms with van der Waals surface area (Å²) in [4.78, 5) is 23.6. The Labute approximate surface area is 130 Å². The van der Waals surface area contributed by atoms with Crippen molar-refractivity contribution in [3.05, 3.63) is 59.2 Å². The number of anilines is 2. The predicted octanol–water partition coefficient (Wildman–Crippen LogP) is 2.26. The zero-order valence-electron chi connectivity index (χ0n) is 12.0. The third-order valence-electron chi connectivity index (χ3n) is 3.46. The van der Waals surface area contributed by atoms with Crippen molar-refractivity contribution in [2.24, 2.45) is 0 Å². The van der Waals surface area contributed by atoms with E-state index in [0.29, 0.717) is 17.8 Å². The Morgan fingerprint density at radius 2 is 2.00 bits per heavy atom. The van der Waals surface area contributed by atoms with Crippen LogP contribution in [0.1, 0.15) is 15.9 Å². The Kier molecular flexibility index (Phi) is 3.92. The first-order chi connectivity index (χ1) is 11.0. The van der Waals surface area contributed by atoms with E-state index in [1.165, 1.54) is 6.07 Å². The molecule has 0 aromatic heterocycles. The Hall–Kier alpha value is -2.96. The molecule has 118 valence electrons. The van der Waals surface area contributed by atoms with Gasteiger partial charge in [-0.15, -0.1) is 0 Å².